The van der Waals surface area contributed by atoms with Gasteiger partial charge in [-0.15, -0.1) is 0 Å². The van der Waals surface area contributed by atoms with Crippen LogP contribution in [0.25, 0.3) is 10.8 Å². The Morgan fingerprint density at radius 1 is 1.19 bits per heavy atom. The Balaban J connectivity index is 1.84. The van der Waals surface area contributed by atoms with E-state index in [0.717, 1.165) is 49.6 Å². The fraction of sp³-hybridized carbons (Fsp3) is 0.438. The number of aromatic nitrogens is 1. The number of piperazine rings is 1. The topological polar surface area (TPSA) is 28.6 Å². The molecule has 112 valence electrons. The van der Waals surface area contributed by atoms with E-state index in [-0.39, 0.29) is 0 Å². The van der Waals surface area contributed by atoms with Crippen molar-refractivity contribution in [1.29, 1.82) is 0 Å². The molecule has 1 aliphatic heterocycles. The van der Waals surface area contributed by atoms with Gasteiger partial charge in [-0.3, -0.25) is 4.90 Å². The second-order valence-corrected chi connectivity index (χ2v) is 6.03. The molecule has 1 aliphatic rings. The number of ether oxygens (including phenoxy) is 1. The van der Waals surface area contributed by atoms with Crippen molar-refractivity contribution in [3.8, 4) is 5.75 Å². The molecule has 5 heteroatoms. The van der Waals surface area contributed by atoms with Gasteiger partial charge in [-0.25, -0.2) is 4.98 Å². The second-order valence-electron chi connectivity index (χ2n) is 5.24. The largest absolute Gasteiger partial charge is 0.497 e. The fourth-order valence-corrected chi connectivity index (χ4v) is 3.32. The lowest BCUT2D eigenvalue weighted by Gasteiger charge is -2.35. The SMILES string of the molecule is COc1ccc2c(N3CCN(CCBr)CC3)nccc2c1. The van der Waals surface area contributed by atoms with Crippen molar-refractivity contribution in [2.45, 2.75) is 0 Å². The third kappa shape index (κ3) is 3.14. The Morgan fingerprint density at radius 2 is 2.00 bits per heavy atom. The zero-order chi connectivity index (χ0) is 14.7. The predicted molar refractivity (Wildman–Crippen MR) is 90.7 cm³/mol. The van der Waals surface area contributed by atoms with Crippen molar-refractivity contribution in [2.24, 2.45) is 0 Å². The first kappa shape index (κ1) is 14.6. The molecular formula is C16H20BrN3O. The molecule has 0 atom stereocenters. The number of fused-ring (bicyclic) bond motifs is 1. The molecule has 0 unspecified atom stereocenters. The average molecular weight is 350 g/mol. The smallest absolute Gasteiger partial charge is 0.136 e. The molecule has 2 aromatic rings. The summed E-state index contributed by atoms with van der Waals surface area (Å²) in [7, 11) is 1.70. The van der Waals surface area contributed by atoms with Gasteiger partial charge in [0.1, 0.15) is 11.6 Å². The first-order valence-corrected chi connectivity index (χ1v) is 8.40. The Bertz CT molecular complexity index is 611. The minimum absolute atomic E-state index is 0.891. The minimum atomic E-state index is 0.891. The molecule has 1 fully saturated rings. The molecule has 0 radical (unpaired) electrons. The van der Waals surface area contributed by atoms with Crippen LogP contribution >= 0.6 is 15.9 Å². The maximum atomic E-state index is 5.30. The highest BCUT2D eigenvalue weighted by atomic mass is 79.9. The van der Waals surface area contributed by atoms with Crippen LogP contribution in [0.4, 0.5) is 5.82 Å². The van der Waals surface area contributed by atoms with E-state index in [2.05, 4.69) is 42.8 Å². The Labute approximate surface area is 133 Å². The zero-order valence-electron chi connectivity index (χ0n) is 12.3. The van der Waals surface area contributed by atoms with Crippen LogP contribution in [0, 0.1) is 0 Å². The minimum Gasteiger partial charge on any atom is -0.497 e. The van der Waals surface area contributed by atoms with Crippen molar-refractivity contribution in [3.63, 3.8) is 0 Å². The molecule has 1 saturated heterocycles. The summed E-state index contributed by atoms with van der Waals surface area (Å²) >= 11 is 3.51. The lowest BCUT2D eigenvalue weighted by Crippen LogP contribution is -2.47. The van der Waals surface area contributed by atoms with Gasteiger partial charge in [0, 0.05) is 49.6 Å². The number of pyridine rings is 1. The van der Waals surface area contributed by atoms with Crippen LogP contribution in [0.15, 0.2) is 30.5 Å². The standard InChI is InChI=1S/C16H20BrN3O/c1-21-14-2-3-15-13(12-14)4-6-18-16(15)20-10-8-19(7-5-17)9-11-20/h2-4,6,12H,5,7-11H2,1H3. The molecule has 0 spiro atoms. The maximum absolute atomic E-state index is 5.30. The highest BCUT2D eigenvalue weighted by Gasteiger charge is 2.19. The summed E-state index contributed by atoms with van der Waals surface area (Å²) in [6, 6.07) is 8.24. The summed E-state index contributed by atoms with van der Waals surface area (Å²) in [4.78, 5) is 9.49. The molecule has 21 heavy (non-hydrogen) atoms. The normalized spacial score (nSPS) is 16.4. The van der Waals surface area contributed by atoms with Gasteiger partial charge >= 0.3 is 0 Å². The Morgan fingerprint density at radius 3 is 2.71 bits per heavy atom. The molecular weight excluding hydrogens is 330 g/mol. The van der Waals surface area contributed by atoms with E-state index in [1.165, 1.54) is 10.8 Å². The molecule has 0 amide bonds. The Kier molecular flexibility index (Phi) is 4.60. The summed E-state index contributed by atoms with van der Waals surface area (Å²) in [6.07, 6.45) is 1.89. The fourth-order valence-electron chi connectivity index (χ4n) is 2.82. The van der Waals surface area contributed by atoms with E-state index >= 15 is 0 Å². The average Bonchev–Trinajstić information content (AvgIpc) is 2.55. The van der Waals surface area contributed by atoms with E-state index in [0.29, 0.717) is 0 Å². The Hall–Kier alpha value is -1.33. The quantitative estimate of drug-likeness (QED) is 0.793. The zero-order valence-corrected chi connectivity index (χ0v) is 13.8. The third-order valence-electron chi connectivity index (χ3n) is 4.02. The van der Waals surface area contributed by atoms with Gasteiger partial charge in [-0.2, -0.15) is 0 Å². The molecule has 0 N–H and O–H groups in total. The number of anilines is 1. The van der Waals surface area contributed by atoms with Gasteiger partial charge < -0.3 is 9.64 Å². The number of nitrogens with zero attached hydrogens (tertiary/aromatic N) is 3. The first-order chi connectivity index (χ1) is 10.3. The lowest BCUT2D eigenvalue weighted by atomic mass is 10.1. The predicted octanol–water partition coefficient (Wildman–Crippen LogP) is 2.76. The lowest BCUT2D eigenvalue weighted by molar-refractivity contribution is 0.273. The van der Waals surface area contributed by atoms with Gasteiger partial charge in [0.25, 0.3) is 0 Å². The van der Waals surface area contributed by atoms with Crippen molar-refractivity contribution in [3.05, 3.63) is 30.5 Å². The third-order valence-corrected chi connectivity index (χ3v) is 4.38. The highest BCUT2D eigenvalue weighted by molar-refractivity contribution is 9.09. The van der Waals surface area contributed by atoms with Crippen molar-refractivity contribution >= 4 is 32.5 Å². The number of alkyl halides is 1. The van der Waals surface area contributed by atoms with Gasteiger partial charge in [-0.1, -0.05) is 15.9 Å². The van der Waals surface area contributed by atoms with Crippen LogP contribution in [-0.2, 0) is 0 Å². The molecule has 0 saturated carbocycles. The van der Waals surface area contributed by atoms with Crippen LogP contribution in [0.3, 0.4) is 0 Å². The van der Waals surface area contributed by atoms with Gasteiger partial charge in [-0.05, 0) is 29.7 Å². The van der Waals surface area contributed by atoms with Crippen LogP contribution < -0.4 is 9.64 Å². The number of benzene rings is 1. The molecule has 1 aromatic carbocycles. The summed E-state index contributed by atoms with van der Waals surface area (Å²) in [6.45, 7) is 5.38. The van der Waals surface area contributed by atoms with Crippen LogP contribution in [0.5, 0.6) is 5.75 Å². The first-order valence-electron chi connectivity index (χ1n) is 7.28. The maximum Gasteiger partial charge on any atom is 0.136 e. The molecule has 4 nitrogen and oxygen atoms in total. The van der Waals surface area contributed by atoms with Crippen molar-refractivity contribution in [2.75, 3.05) is 50.1 Å². The number of methoxy groups -OCH3 is 1. The summed E-state index contributed by atoms with van der Waals surface area (Å²) in [5.41, 5.74) is 0. The molecule has 0 aliphatic carbocycles. The molecule has 0 bridgehead atoms. The van der Waals surface area contributed by atoms with Gasteiger partial charge in [0.2, 0.25) is 0 Å². The number of rotatable bonds is 4. The number of hydrogen-bond acceptors (Lipinski definition) is 4. The van der Waals surface area contributed by atoms with E-state index in [1.54, 1.807) is 7.11 Å². The van der Waals surface area contributed by atoms with Crippen LogP contribution in [-0.4, -0.2) is 55.0 Å². The van der Waals surface area contributed by atoms with E-state index in [1.807, 2.05) is 18.3 Å². The van der Waals surface area contributed by atoms with Crippen LogP contribution in [0.2, 0.25) is 0 Å². The van der Waals surface area contributed by atoms with E-state index in [4.69, 9.17) is 4.74 Å². The highest BCUT2D eigenvalue weighted by Crippen LogP contribution is 2.28. The summed E-state index contributed by atoms with van der Waals surface area (Å²) in [5.74, 6) is 1.98. The summed E-state index contributed by atoms with van der Waals surface area (Å²) in [5, 5.41) is 3.42. The second kappa shape index (κ2) is 6.62. The molecule has 3 rings (SSSR count). The summed E-state index contributed by atoms with van der Waals surface area (Å²) < 4.78 is 5.30. The van der Waals surface area contributed by atoms with Gasteiger partial charge in [0.15, 0.2) is 0 Å². The van der Waals surface area contributed by atoms with Crippen molar-refractivity contribution in [1.82, 2.24) is 9.88 Å². The van der Waals surface area contributed by atoms with Crippen molar-refractivity contribution < 1.29 is 4.74 Å². The van der Waals surface area contributed by atoms with E-state index < -0.39 is 0 Å². The molecule has 1 aromatic heterocycles. The monoisotopic (exact) mass is 349 g/mol. The van der Waals surface area contributed by atoms with E-state index in [9.17, 15) is 0 Å². The molecule has 2 heterocycles. The number of hydrogen-bond donors (Lipinski definition) is 0. The number of halogens is 1. The van der Waals surface area contributed by atoms with Gasteiger partial charge in [0.05, 0.1) is 7.11 Å². The van der Waals surface area contributed by atoms with Crippen LogP contribution in [0.1, 0.15) is 0 Å².